The number of rotatable bonds is 4. The molecule has 0 spiro atoms. The van der Waals surface area contributed by atoms with Crippen LogP contribution in [0.1, 0.15) is 51.9 Å². The molecule has 24 heavy (non-hydrogen) atoms. The summed E-state index contributed by atoms with van der Waals surface area (Å²) in [5.41, 5.74) is 1.29. The van der Waals surface area contributed by atoms with Gasteiger partial charge in [-0.2, -0.15) is 0 Å². The van der Waals surface area contributed by atoms with Gasteiger partial charge in [0.05, 0.1) is 0 Å². The van der Waals surface area contributed by atoms with E-state index in [1.807, 2.05) is 0 Å². The molecule has 1 N–H and O–H groups in total. The number of hydrogen-bond donors (Lipinski definition) is 1. The summed E-state index contributed by atoms with van der Waals surface area (Å²) in [6.07, 6.45) is 8.27. The Morgan fingerprint density at radius 2 is 1.75 bits per heavy atom. The molecule has 1 aromatic carbocycles. The minimum atomic E-state index is 0.155. The highest BCUT2D eigenvalue weighted by molar-refractivity contribution is 5.75. The van der Waals surface area contributed by atoms with Gasteiger partial charge >= 0.3 is 6.03 Å². The second-order valence-electron chi connectivity index (χ2n) is 7.12. The first-order valence-electron chi connectivity index (χ1n) is 9.65. The molecule has 0 aromatic heterocycles. The molecule has 1 heterocycles. The van der Waals surface area contributed by atoms with Gasteiger partial charge in [-0.15, -0.1) is 0 Å². The largest absolute Gasteiger partial charge is 0.371 e. The fourth-order valence-electron chi connectivity index (χ4n) is 4.14. The highest BCUT2D eigenvalue weighted by Gasteiger charge is 2.27. The number of anilines is 1. The van der Waals surface area contributed by atoms with Gasteiger partial charge in [0.2, 0.25) is 0 Å². The van der Waals surface area contributed by atoms with Crippen molar-refractivity contribution < 1.29 is 4.79 Å². The summed E-state index contributed by atoms with van der Waals surface area (Å²) >= 11 is 0. The lowest BCUT2D eigenvalue weighted by atomic mass is 9.94. The van der Waals surface area contributed by atoms with Gasteiger partial charge in [0.15, 0.2) is 0 Å². The third-order valence-electron chi connectivity index (χ3n) is 5.56. The van der Waals surface area contributed by atoms with Crippen molar-refractivity contribution in [1.29, 1.82) is 0 Å². The van der Waals surface area contributed by atoms with Crippen LogP contribution in [-0.2, 0) is 0 Å². The third kappa shape index (κ3) is 4.22. The summed E-state index contributed by atoms with van der Waals surface area (Å²) < 4.78 is 0. The van der Waals surface area contributed by atoms with Crippen molar-refractivity contribution in [1.82, 2.24) is 10.2 Å². The summed E-state index contributed by atoms with van der Waals surface area (Å²) in [7, 11) is 0. The predicted molar refractivity (Wildman–Crippen MR) is 99.5 cm³/mol. The number of carbonyl (C=O) groups is 1. The Labute approximate surface area is 146 Å². The summed E-state index contributed by atoms with van der Waals surface area (Å²) in [4.78, 5) is 17.2. The van der Waals surface area contributed by atoms with E-state index in [1.165, 1.54) is 37.8 Å². The van der Waals surface area contributed by atoms with Crippen LogP contribution in [0.25, 0.3) is 0 Å². The highest BCUT2D eigenvalue weighted by Crippen LogP contribution is 2.23. The van der Waals surface area contributed by atoms with Crippen molar-refractivity contribution in [3.63, 3.8) is 0 Å². The lowest BCUT2D eigenvalue weighted by molar-refractivity contribution is 0.155. The average Bonchev–Trinajstić information content (AvgIpc) is 2.64. The second-order valence-corrected chi connectivity index (χ2v) is 7.12. The quantitative estimate of drug-likeness (QED) is 0.905. The summed E-state index contributed by atoms with van der Waals surface area (Å²) in [6, 6.07) is 11.5. The van der Waals surface area contributed by atoms with Crippen LogP contribution < -0.4 is 10.2 Å². The SMILES string of the molecule is CCN(C(=O)NC1CCN(c2ccccc2)CC1)C1CCCCC1. The average molecular weight is 329 g/mol. The molecule has 1 aliphatic carbocycles. The number of hydrogen-bond acceptors (Lipinski definition) is 2. The third-order valence-corrected chi connectivity index (χ3v) is 5.56. The van der Waals surface area contributed by atoms with Gasteiger partial charge in [0, 0.05) is 37.4 Å². The molecule has 132 valence electrons. The van der Waals surface area contributed by atoms with Crippen LogP contribution in [0.4, 0.5) is 10.5 Å². The summed E-state index contributed by atoms with van der Waals surface area (Å²) in [6.45, 7) is 4.96. The van der Waals surface area contributed by atoms with E-state index in [0.29, 0.717) is 12.1 Å². The Morgan fingerprint density at radius 3 is 2.38 bits per heavy atom. The Morgan fingerprint density at radius 1 is 1.08 bits per heavy atom. The van der Waals surface area contributed by atoms with Gasteiger partial charge in [-0.1, -0.05) is 37.5 Å². The van der Waals surface area contributed by atoms with E-state index in [4.69, 9.17) is 0 Å². The van der Waals surface area contributed by atoms with E-state index < -0.39 is 0 Å². The maximum atomic E-state index is 12.7. The first-order chi connectivity index (χ1) is 11.8. The zero-order valence-electron chi connectivity index (χ0n) is 14.9. The Bertz CT molecular complexity index is 505. The zero-order chi connectivity index (χ0) is 16.8. The molecule has 2 fully saturated rings. The van der Waals surface area contributed by atoms with Crippen LogP contribution in [0, 0.1) is 0 Å². The minimum Gasteiger partial charge on any atom is -0.371 e. The van der Waals surface area contributed by atoms with Crippen molar-refractivity contribution in [3.05, 3.63) is 30.3 Å². The number of piperidine rings is 1. The molecular weight excluding hydrogens is 298 g/mol. The van der Waals surface area contributed by atoms with Gasteiger partial charge < -0.3 is 15.1 Å². The highest BCUT2D eigenvalue weighted by atomic mass is 16.2. The van der Waals surface area contributed by atoms with Crippen LogP contribution in [0.5, 0.6) is 0 Å². The number of nitrogens with one attached hydrogen (secondary N) is 1. The lowest BCUT2D eigenvalue weighted by Crippen LogP contribution is -2.52. The Balaban J connectivity index is 1.48. The molecule has 1 saturated carbocycles. The van der Waals surface area contributed by atoms with Crippen molar-refractivity contribution in [2.75, 3.05) is 24.5 Å². The molecule has 4 heteroatoms. The zero-order valence-corrected chi connectivity index (χ0v) is 14.9. The molecule has 0 radical (unpaired) electrons. The molecule has 0 unspecified atom stereocenters. The van der Waals surface area contributed by atoms with Crippen molar-refractivity contribution in [2.45, 2.75) is 64.0 Å². The molecule has 0 bridgehead atoms. The number of nitrogens with zero attached hydrogens (tertiary/aromatic N) is 2. The fourth-order valence-corrected chi connectivity index (χ4v) is 4.14. The second kappa shape index (κ2) is 8.41. The molecule has 0 atom stereocenters. The van der Waals surface area contributed by atoms with Crippen LogP contribution in [0.15, 0.2) is 30.3 Å². The maximum absolute atomic E-state index is 12.7. The molecule has 2 amide bonds. The van der Waals surface area contributed by atoms with Crippen LogP contribution in [0.3, 0.4) is 0 Å². The van der Waals surface area contributed by atoms with Crippen LogP contribution >= 0.6 is 0 Å². The maximum Gasteiger partial charge on any atom is 0.317 e. The van der Waals surface area contributed by atoms with Crippen LogP contribution in [0.2, 0.25) is 0 Å². The number of benzene rings is 1. The molecule has 1 aliphatic heterocycles. The van der Waals surface area contributed by atoms with E-state index in [0.717, 1.165) is 32.5 Å². The standard InChI is InChI=1S/C20H31N3O/c1-2-23(19-11-7-4-8-12-19)20(24)21-17-13-15-22(16-14-17)18-9-5-3-6-10-18/h3,5-6,9-10,17,19H,2,4,7-8,11-16H2,1H3,(H,21,24). The number of amides is 2. The minimum absolute atomic E-state index is 0.155. The first-order valence-corrected chi connectivity index (χ1v) is 9.65. The smallest absolute Gasteiger partial charge is 0.317 e. The van der Waals surface area contributed by atoms with Crippen molar-refractivity contribution in [2.24, 2.45) is 0 Å². The number of urea groups is 1. The number of carbonyl (C=O) groups excluding carboxylic acids is 1. The normalized spacial score (nSPS) is 20.0. The Kier molecular flexibility index (Phi) is 6.00. The lowest BCUT2D eigenvalue weighted by Gasteiger charge is -2.37. The van der Waals surface area contributed by atoms with Gasteiger partial charge in [0.1, 0.15) is 0 Å². The van der Waals surface area contributed by atoms with Gasteiger partial charge in [-0.3, -0.25) is 0 Å². The van der Waals surface area contributed by atoms with Gasteiger partial charge in [-0.05, 0) is 44.7 Å². The summed E-state index contributed by atoms with van der Waals surface area (Å²) in [5, 5.41) is 3.30. The van der Waals surface area contributed by atoms with E-state index >= 15 is 0 Å². The monoisotopic (exact) mass is 329 g/mol. The molecular formula is C20H31N3O. The number of para-hydroxylation sites is 1. The van der Waals surface area contributed by atoms with E-state index in [1.54, 1.807) is 0 Å². The van der Waals surface area contributed by atoms with E-state index in [9.17, 15) is 4.79 Å². The predicted octanol–water partition coefficient (Wildman–Crippen LogP) is 4.02. The molecule has 2 aliphatic rings. The molecule has 1 saturated heterocycles. The van der Waals surface area contributed by atoms with Crippen molar-refractivity contribution >= 4 is 11.7 Å². The summed E-state index contributed by atoms with van der Waals surface area (Å²) in [5.74, 6) is 0. The van der Waals surface area contributed by atoms with Crippen LogP contribution in [-0.4, -0.2) is 42.6 Å². The fraction of sp³-hybridized carbons (Fsp3) is 0.650. The molecule has 4 nitrogen and oxygen atoms in total. The topological polar surface area (TPSA) is 35.6 Å². The Hall–Kier alpha value is -1.71. The van der Waals surface area contributed by atoms with E-state index in [-0.39, 0.29) is 6.03 Å². The van der Waals surface area contributed by atoms with E-state index in [2.05, 4.69) is 52.4 Å². The van der Waals surface area contributed by atoms with Crippen molar-refractivity contribution in [3.8, 4) is 0 Å². The molecule has 1 aromatic rings. The molecule has 3 rings (SSSR count). The van der Waals surface area contributed by atoms with Gasteiger partial charge in [-0.25, -0.2) is 4.79 Å². The van der Waals surface area contributed by atoms with Gasteiger partial charge in [0.25, 0.3) is 0 Å². The first kappa shape index (κ1) is 17.1.